The number of benzene rings is 2. The number of ether oxygens (including phenoxy) is 1. The van der Waals surface area contributed by atoms with E-state index in [1.165, 1.54) is 11.8 Å². The summed E-state index contributed by atoms with van der Waals surface area (Å²) in [5.41, 5.74) is 1.58. The molecule has 0 aliphatic carbocycles. The van der Waals surface area contributed by atoms with Gasteiger partial charge in [-0.25, -0.2) is 4.79 Å². The highest BCUT2D eigenvalue weighted by Gasteiger charge is 2.31. The Hall–Kier alpha value is -3.10. The van der Waals surface area contributed by atoms with E-state index in [-0.39, 0.29) is 23.5 Å². The predicted molar refractivity (Wildman–Crippen MR) is 147 cm³/mol. The highest BCUT2D eigenvalue weighted by atomic mass is 32.2. The van der Waals surface area contributed by atoms with E-state index in [1.807, 2.05) is 74.5 Å². The van der Waals surface area contributed by atoms with Crippen LogP contribution in [0.5, 0.6) is 0 Å². The molecule has 1 aromatic heterocycles. The molecule has 0 saturated heterocycles. The van der Waals surface area contributed by atoms with E-state index >= 15 is 0 Å². The molecule has 0 radical (unpaired) electrons. The molecule has 36 heavy (non-hydrogen) atoms. The minimum absolute atomic E-state index is 0.167. The number of carbonyl (C=O) groups is 3. The second kappa shape index (κ2) is 12.7. The molecule has 1 heterocycles. The Morgan fingerprint density at radius 2 is 1.56 bits per heavy atom. The summed E-state index contributed by atoms with van der Waals surface area (Å²) in [6.45, 7) is 10.2. The fourth-order valence-corrected chi connectivity index (χ4v) is 5.90. The quantitative estimate of drug-likeness (QED) is 0.240. The van der Waals surface area contributed by atoms with Crippen molar-refractivity contribution < 1.29 is 19.1 Å². The van der Waals surface area contributed by atoms with Gasteiger partial charge in [-0.15, -0.1) is 23.1 Å². The number of anilines is 1. The van der Waals surface area contributed by atoms with Crippen molar-refractivity contribution in [1.29, 1.82) is 0 Å². The van der Waals surface area contributed by atoms with E-state index < -0.39 is 11.2 Å². The van der Waals surface area contributed by atoms with Gasteiger partial charge in [-0.1, -0.05) is 48.5 Å². The highest BCUT2D eigenvalue weighted by Crippen LogP contribution is 2.39. The molecule has 0 aliphatic rings. The molecule has 0 unspecified atom stereocenters. The zero-order valence-corrected chi connectivity index (χ0v) is 22.9. The van der Waals surface area contributed by atoms with Crippen LogP contribution in [0, 0.1) is 6.92 Å². The molecule has 1 N–H and O–H groups in total. The van der Waals surface area contributed by atoms with Gasteiger partial charge < -0.3 is 15.0 Å². The first-order chi connectivity index (χ1) is 17.3. The second-order valence-electron chi connectivity index (χ2n) is 8.40. The molecular weight excluding hydrogens is 492 g/mol. The highest BCUT2D eigenvalue weighted by molar-refractivity contribution is 8.00. The topological polar surface area (TPSA) is 75.7 Å². The maximum Gasteiger partial charge on any atom is 0.341 e. The third-order valence-electron chi connectivity index (χ3n) is 5.51. The average Bonchev–Trinajstić information content (AvgIpc) is 3.19. The van der Waals surface area contributed by atoms with Gasteiger partial charge in [0.1, 0.15) is 10.3 Å². The number of thioether (sulfide) groups is 1. The number of esters is 1. The molecule has 2 amide bonds. The van der Waals surface area contributed by atoms with Gasteiger partial charge in [0.15, 0.2) is 0 Å². The fraction of sp³-hybridized carbons (Fsp3) is 0.321. The van der Waals surface area contributed by atoms with Crippen LogP contribution < -0.4 is 5.32 Å². The van der Waals surface area contributed by atoms with Gasteiger partial charge in [0.25, 0.3) is 5.91 Å². The van der Waals surface area contributed by atoms with Gasteiger partial charge >= 0.3 is 5.97 Å². The molecule has 6 nitrogen and oxygen atoms in total. The maximum absolute atomic E-state index is 13.7. The lowest BCUT2D eigenvalue weighted by Crippen LogP contribution is -2.30. The van der Waals surface area contributed by atoms with Gasteiger partial charge in [-0.2, -0.15) is 0 Å². The van der Waals surface area contributed by atoms with E-state index in [0.29, 0.717) is 28.5 Å². The molecule has 0 spiro atoms. The lowest BCUT2D eigenvalue weighted by atomic mass is 10.1. The third kappa shape index (κ3) is 6.56. The van der Waals surface area contributed by atoms with Crippen LogP contribution in [0.15, 0.2) is 65.6 Å². The van der Waals surface area contributed by atoms with Crippen LogP contribution in [0.2, 0.25) is 0 Å². The van der Waals surface area contributed by atoms with Crippen molar-refractivity contribution in [2.45, 2.75) is 50.9 Å². The Bertz CT molecular complexity index is 1190. The van der Waals surface area contributed by atoms with Crippen LogP contribution in [0.4, 0.5) is 5.00 Å². The first-order valence-electron chi connectivity index (χ1n) is 12.0. The lowest BCUT2D eigenvalue weighted by Gasteiger charge is -2.18. The van der Waals surface area contributed by atoms with Crippen LogP contribution >= 0.6 is 23.1 Å². The Kier molecular flexibility index (Phi) is 9.73. The summed E-state index contributed by atoms with van der Waals surface area (Å²) in [6, 6.07) is 19.2. The van der Waals surface area contributed by atoms with E-state index in [4.69, 9.17) is 4.74 Å². The summed E-state index contributed by atoms with van der Waals surface area (Å²) in [4.78, 5) is 43.0. The predicted octanol–water partition coefficient (Wildman–Crippen LogP) is 6.58. The molecule has 3 rings (SSSR count). The lowest BCUT2D eigenvalue weighted by molar-refractivity contribution is -0.115. The average molecular weight is 525 g/mol. The molecule has 0 bridgehead atoms. The van der Waals surface area contributed by atoms with Crippen molar-refractivity contribution in [3.05, 3.63) is 82.2 Å². The minimum Gasteiger partial charge on any atom is -0.459 e. The SMILES string of the molecule is CCN(CC)C(=O)c1sc(NC(=O)[C@@H](Sc2ccccc2)c2ccccc2)c(C(=O)OC(C)C)c1C. The Morgan fingerprint density at radius 1 is 0.972 bits per heavy atom. The molecule has 190 valence electrons. The molecular formula is C28H32N2O4S2. The number of rotatable bonds is 10. The minimum atomic E-state index is -0.563. The van der Waals surface area contributed by atoms with Crippen molar-refractivity contribution in [3.8, 4) is 0 Å². The van der Waals surface area contributed by atoms with E-state index in [2.05, 4.69) is 5.32 Å². The number of amides is 2. The number of thiophene rings is 1. The summed E-state index contributed by atoms with van der Waals surface area (Å²) in [7, 11) is 0. The molecule has 0 saturated carbocycles. The number of hydrogen-bond donors (Lipinski definition) is 1. The summed E-state index contributed by atoms with van der Waals surface area (Å²) < 4.78 is 5.47. The normalized spacial score (nSPS) is 11.7. The van der Waals surface area contributed by atoms with Crippen LogP contribution in [0.25, 0.3) is 0 Å². The van der Waals surface area contributed by atoms with Crippen molar-refractivity contribution in [3.63, 3.8) is 0 Å². The zero-order chi connectivity index (χ0) is 26.2. The van der Waals surface area contributed by atoms with Crippen LogP contribution in [-0.4, -0.2) is 41.9 Å². The van der Waals surface area contributed by atoms with Crippen LogP contribution in [-0.2, 0) is 9.53 Å². The van der Waals surface area contributed by atoms with Gasteiger partial charge in [0, 0.05) is 18.0 Å². The monoisotopic (exact) mass is 524 g/mol. The van der Waals surface area contributed by atoms with Gasteiger partial charge in [-0.3, -0.25) is 9.59 Å². The van der Waals surface area contributed by atoms with Gasteiger partial charge in [-0.05, 0) is 57.9 Å². The van der Waals surface area contributed by atoms with Gasteiger partial charge in [0.2, 0.25) is 5.91 Å². The van der Waals surface area contributed by atoms with Crippen molar-refractivity contribution in [2.75, 3.05) is 18.4 Å². The maximum atomic E-state index is 13.7. The second-order valence-corrected chi connectivity index (χ2v) is 10.6. The summed E-state index contributed by atoms with van der Waals surface area (Å²) in [5.74, 6) is -1.00. The first kappa shape index (κ1) is 27.5. The Labute approximate surface area is 221 Å². The van der Waals surface area contributed by atoms with Gasteiger partial charge in [0.05, 0.1) is 16.5 Å². The summed E-state index contributed by atoms with van der Waals surface area (Å²) in [6.07, 6.45) is -0.340. The molecule has 3 aromatic rings. The first-order valence-corrected chi connectivity index (χ1v) is 13.7. The van der Waals surface area contributed by atoms with E-state index in [1.54, 1.807) is 25.7 Å². The van der Waals surface area contributed by atoms with E-state index in [9.17, 15) is 14.4 Å². The Morgan fingerprint density at radius 3 is 2.11 bits per heavy atom. The fourth-order valence-electron chi connectivity index (χ4n) is 3.69. The molecule has 1 atom stereocenters. The zero-order valence-electron chi connectivity index (χ0n) is 21.2. The van der Waals surface area contributed by atoms with Crippen molar-refractivity contribution in [2.24, 2.45) is 0 Å². The summed E-state index contributed by atoms with van der Waals surface area (Å²) >= 11 is 2.55. The van der Waals surface area contributed by atoms with Crippen LogP contribution in [0.1, 0.15) is 64.1 Å². The number of nitrogens with one attached hydrogen (secondary N) is 1. The molecule has 8 heteroatoms. The third-order valence-corrected chi connectivity index (χ3v) is 7.97. The largest absolute Gasteiger partial charge is 0.459 e. The number of carbonyl (C=O) groups excluding carboxylic acids is 3. The molecule has 2 aromatic carbocycles. The van der Waals surface area contributed by atoms with Crippen molar-refractivity contribution >= 4 is 45.9 Å². The number of nitrogens with zero attached hydrogens (tertiary/aromatic N) is 1. The van der Waals surface area contributed by atoms with E-state index in [0.717, 1.165) is 21.8 Å². The summed E-state index contributed by atoms with van der Waals surface area (Å²) in [5, 5.41) is 2.73. The molecule has 0 aliphatic heterocycles. The smallest absolute Gasteiger partial charge is 0.341 e. The van der Waals surface area contributed by atoms with Crippen LogP contribution in [0.3, 0.4) is 0 Å². The van der Waals surface area contributed by atoms with Crippen molar-refractivity contribution in [1.82, 2.24) is 4.90 Å². The standard InChI is InChI=1S/C28H32N2O4S2/c1-6-30(7-2)27(32)23-19(5)22(28(33)34-18(3)4)26(36-23)29-25(31)24(20-14-10-8-11-15-20)35-21-16-12-9-13-17-21/h8-18,24H,6-7H2,1-5H3,(H,29,31)/t24-/m0/s1. The molecule has 0 fully saturated rings. The number of hydrogen-bond acceptors (Lipinski definition) is 6. The Balaban J connectivity index is 2.01.